The molecule has 1 aliphatic rings. The van der Waals surface area contributed by atoms with Crippen LogP contribution >= 0.6 is 11.6 Å². The molecule has 5 nitrogen and oxygen atoms in total. The van der Waals surface area contributed by atoms with Crippen LogP contribution in [-0.2, 0) is 19.5 Å². The second-order valence-corrected chi connectivity index (χ2v) is 6.51. The van der Waals surface area contributed by atoms with Crippen LogP contribution in [-0.4, -0.2) is 21.3 Å². The first-order chi connectivity index (χ1) is 11.7. The highest BCUT2D eigenvalue weighted by Crippen LogP contribution is 2.26. The second-order valence-electron chi connectivity index (χ2n) is 6.07. The highest BCUT2D eigenvalue weighted by atomic mass is 35.5. The molecule has 3 heterocycles. The molecule has 0 saturated heterocycles. The third kappa shape index (κ3) is 3.08. The summed E-state index contributed by atoms with van der Waals surface area (Å²) in [7, 11) is 0. The minimum Gasteiger partial charge on any atom is -0.382 e. The summed E-state index contributed by atoms with van der Waals surface area (Å²) in [6.45, 7) is 2.51. The Hall–Kier alpha value is -2.53. The van der Waals surface area contributed by atoms with Gasteiger partial charge in [0.15, 0.2) is 0 Å². The fourth-order valence-corrected chi connectivity index (χ4v) is 3.32. The number of nitrogens with two attached hydrogens (primary N) is 1. The Morgan fingerprint density at radius 1 is 1.12 bits per heavy atom. The summed E-state index contributed by atoms with van der Waals surface area (Å²) in [6.07, 6.45) is 6.67. The highest BCUT2D eigenvalue weighted by Gasteiger charge is 2.17. The Bertz CT molecular complexity index is 873. The molecule has 1 aromatic carbocycles. The summed E-state index contributed by atoms with van der Waals surface area (Å²) in [5.41, 5.74) is 10.6. The van der Waals surface area contributed by atoms with E-state index >= 15 is 0 Å². The fraction of sp³-hybridized carbons (Fsp3) is 0.222. The van der Waals surface area contributed by atoms with Crippen LogP contribution in [0.1, 0.15) is 16.7 Å². The summed E-state index contributed by atoms with van der Waals surface area (Å²) in [6, 6.07) is 10.1. The third-order valence-electron chi connectivity index (χ3n) is 4.33. The van der Waals surface area contributed by atoms with Crippen molar-refractivity contribution < 1.29 is 0 Å². The Morgan fingerprint density at radius 2 is 2.04 bits per heavy atom. The quantitative estimate of drug-likeness (QED) is 0.796. The van der Waals surface area contributed by atoms with Gasteiger partial charge in [-0.1, -0.05) is 17.7 Å². The summed E-state index contributed by atoms with van der Waals surface area (Å²) >= 11 is 6.09. The summed E-state index contributed by atoms with van der Waals surface area (Å²) < 4.78 is 1.82. The van der Waals surface area contributed by atoms with E-state index in [1.807, 2.05) is 29.3 Å². The molecule has 4 rings (SSSR count). The fourth-order valence-electron chi connectivity index (χ4n) is 3.13. The van der Waals surface area contributed by atoms with Crippen LogP contribution < -0.4 is 10.6 Å². The van der Waals surface area contributed by atoms with Crippen LogP contribution in [0.15, 0.2) is 48.9 Å². The van der Waals surface area contributed by atoms with E-state index in [1.54, 1.807) is 6.07 Å². The minimum atomic E-state index is 0.533. The Morgan fingerprint density at radius 3 is 2.88 bits per heavy atom. The lowest BCUT2D eigenvalue weighted by Gasteiger charge is -2.30. The first kappa shape index (κ1) is 15.0. The smallest absolute Gasteiger partial charge is 0.145 e. The van der Waals surface area contributed by atoms with Crippen LogP contribution in [0.5, 0.6) is 0 Å². The molecule has 0 amide bonds. The van der Waals surface area contributed by atoms with Crippen molar-refractivity contribution in [1.82, 2.24) is 14.8 Å². The molecule has 0 aliphatic carbocycles. The summed E-state index contributed by atoms with van der Waals surface area (Å²) in [4.78, 5) is 6.75. The molecule has 0 saturated carbocycles. The van der Waals surface area contributed by atoms with E-state index in [0.29, 0.717) is 12.4 Å². The van der Waals surface area contributed by atoms with Gasteiger partial charge in [0.1, 0.15) is 5.82 Å². The number of benzene rings is 1. The van der Waals surface area contributed by atoms with Gasteiger partial charge in [0, 0.05) is 30.5 Å². The molecule has 0 unspecified atom stereocenters. The van der Waals surface area contributed by atoms with Gasteiger partial charge in [0.05, 0.1) is 18.4 Å². The lowest BCUT2D eigenvalue weighted by atomic mass is 9.99. The first-order valence-electron chi connectivity index (χ1n) is 7.92. The maximum atomic E-state index is 6.09. The van der Waals surface area contributed by atoms with Crippen molar-refractivity contribution in [3.8, 4) is 0 Å². The van der Waals surface area contributed by atoms with E-state index < -0.39 is 0 Å². The Balaban J connectivity index is 1.54. The monoisotopic (exact) mass is 339 g/mol. The maximum absolute atomic E-state index is 6.09. The van der Waals surface area contributed by atoms with Crippen molar-refractivity contribution in [2.24, 2.45) is 0 Å². The molecule has 122 valence electrons. The van der Waals surface area contributed by atoms with E-state index in [4.69, 9.17) is 17.3 Å². The summed E-state index contributed by atoms with van der Waals surface area (Å²) in [5.74, 6) is 0.533. The van der Waals surface area contributed by atoms with Gasteiger partial charge in [0.2, 0.25) is 0 Å². The average molecular weight is 340 g/mol. The molecule has 1 aliphatic heterocycles. The van der Waals surface area contributed by atoms with Crippen molar-refractivity contribution in [3.63, 3.8) is 0 Å². The summed E-state index contributed by atoms with van der Waals surface area (Å²) in [5, 5.41) is 5.04. The average Bonchev–Trinajstić information content (AvgIpc) is 2.99. The highest BCUT2D eigenvalue weighted by molar-refractivity contribution is 6.30. The molecular weight excluding hydrogens is 322 g/mol. The van der Waals surface area contributed by atoms with Gasteiger partial charge in [-0.2, -0.15) is 5.10 Å². The Kier molecular flexibility index (Phi) is 3.86. The van der Waals surface area contributed by atoms with Crippen molar-refractivity contribution >= 4 is 23.1 Å². The second kappa shape index (κ2) is 6.17. The number of aromatic nitrogens is 3. The minimum absolute atomic E-state index is 0.533. The normalized spacial score (nSPS) is 13.8. The van der Waals surface area contributed by atoms with Crippen LogP contribution in [0.4, 0.5) is 11.5 Å². The lowest BCUT2D eigenvalue weighted by molar-refractivity contribution is 0.685. The van der Waals surface area contributed by atoms with Crippen LogP contribution in [0.2, 0.25) is 5.02 Å². The largest absolute Gasteiger partial charge is 0.382 e. The van der Waals surface area contributed by atoms with Gasteiger partial charge >= 0.3 is 0 Å². The lowest BCUT2D eigenvalue weighted by Crippen LogP contribution is -2.30. The molecule has 2 N–H and O–H groups in total. The SMILES string of the molecule is Nc1ccn(Cc2cncc(N3CCc4cc(Cl)ccc4C3)c2)n1. The zero-order chi connectivity index (χ0) is 16.5. The number of nitrogen functional groups attached to an aromatic ring is 1. The van der Waals surface area contributed by atoms with E-state index in [0.717, 1.165) is 35.8 Å². The van der Waals surface area contributed by atoms with Crippen molar-refractivity contribution in [1.29, 1.82) is 0 Å². The number of halogens is 1. The van der Waals surface area contributed by atoms with E-state index in [1.165, 1.54) is 11.1 Å². The Labute approximate surface area is 145 Å². The molecule has 0 spiro atoms. The number of anilines is 2. The topological polar surface area (TPSA) is 60.0 Å². The molecule has 0 fully saturated rings. The van der Waals surface area contributed by atoms with Crippen LogP contribution in [0.25, 0.3) is 0 Å². The van der Waals surface area contributed by atoms with Gasteiger partial charge in [-0.05, 0) is 47.4 Å². The molecule has 2 aromatic heterocycles. The molecule has 24 heavy (non-hydrogen) atoms. The number of hydrogen-bond donors (Lipinski definition) is 1. The van der Waals surface area contributed by atoms with Gasteiger partial charge in [-0.15, -0.1) is 0 Å². The number of nitrogens with zero attached hydrogens (tertiary/aromatic N) is 4. The first-order valence-corrected chi connectivity index (χ1v) is 8.30. The molecule has 0 bridgehead atoms. The third-order valence-corrected chi connectivity index (χ3v) is 4.57. The van der Waals surface area contributed by atoms with E-state index in [-0.39, 0.29) is 0 Å². The maximum Gasteiger partial charge on any atom is 0.145 e. The zero-order valence-corrected chi connectivity index (χ0v) is 13.9. The molecule has 0 atom stereocenters. The number of pyridine rings is 1. The van der Waals surface area contributed by atoms with E-state index in [2.05, 4.69) is 33.2 Å². The van der Waals surface area contributed by atoms with E-state index in [9.17, 15) is 0 Å². The molecular formula is C18H18ClN5. The number of hydrogen-bond acceptors (Lipinski definition) is 4. The van der Waals surface area contributed by atoms with Crippen molar-refractivity contribution in [2.75, 3.05) is 17.2 Å². The van der Waals surface area contributed by atoms with Crippen LogP contribution in [0, 0.1) is 0 Å². The number of fused-ring (bicyclic) bond motifs is 1. The van der Waals surface area contributed by atoms with Gasteiger partial charge in [-0.25, -0.2) is 0 Å². The van der Waals surface area contributed by atoms with Gasteiger partial charge < -0.3 is 10.6 Å². The predicted octanol–water partition coefficient (Wildman–Crippen LogP) is 3.12. The predicted molar refractivity (Wildman–Crippen MR) is 96.2 cm³/mol. The zero-order valence-electron chi connectivity index (χ0n) is 13.2. The molecule has 6 heteroatoms. The number of rotatable bonds is 3. The molecule has 0 radical (unpaired) electrons. The molecule has 3 aromatic rings. The van der Waals surface area contributed by atoms with Crippen molar-refractivity contribution in [2.45, 2.75) is 19.5 Å². The van der Waals surface area contributed by atoms with Gasteiger partial charge in [-0.3, -0.25) is 9.67 Å². The van der Waals surface area contributed by atoms with Crippen molar-refractivity contribution in [3.05, 3.63) is 70.6 Å². The van der Waals surface area contributed by atoms with Crippen LogP contribution in [0.3, 0.4) is 0 Å². The van der Waals surface area contributed by atoms with Gasteiger partial charge in [0.25, 0.3) is 0 Å². The standard InChI is InChI=1S/C18H18ClN5/c19-16-2-1-15-12-23(5-3-14(15)8-16)17-7-13(9-21-10-17)11-24-6-4-18(20)22-24/h1-2,4,6-10H,3,5,11-12H2,(H2,20,22).